The van der Waals surface area contributed by atoms with E-state index in [4.69, 9.17) is 6.42 Å². The summed E-state index contributed by atoms with van der Waals surface area (Å²) in [5.41, 5.74) is 0.935. The molecule has 10 heavy (non-hydrogen) atoms. The zero-order valence-electron chi connectivity index (χ0n) is 5.89. The summed E-state index contributed by atoms with van der Waals surface area (Å²) in [7, 11) is 1.86. The van der Waals surface area contributed by atoms with Gasteiger partial charge in [-0.15, -0.1) is 6.42 Å². The maximum absolute atomic E-state index is 5.24. The number of nitrogens with one attached hydrogen (secondary N) is 2. The summed E-state index contributed by atoms with van der Waals surface area (Å²) in [5.74, 6) is 2.59. The number of hydrogen-bond donors (Lipinski definition) is 2. The van der Waals surface area contributed by atoms with Gasteiger partial charge in [0.2, 0.25) is 0 Å². The molecule has 0 saturated heterocycles. The summed E-state index contributed by atoms with van der Waals surface area (Å²) in [5, 5.41) is 6.10. The van der Waals surface area contributed by atoms with Crippen molar-refractivity contribution in [2.24, 2.45) is 0 Å². The number of dihydropyridines is 1. The first-order valence-corrected chi connectivity index (χ1v) is 3.15. The van der Waals surface area contributed by atoms with Gasteiger partial charge in [-0.2, -0.15) is 0 Å². The Morgan fingerprint density at radius 3 is 3.10 bits per heavy atom. The average molecular weight is 134 g/mol. The molecule has 0 aromatic rings. The summed E-state index contributed by atoms with van der Waals surface area (Å²) >= 11 is 0. The highest BCUT2D eigenvalue weighted by Crippen LogP contribution is 2.01. The fourth-order valence-electron chi connectivity index (χ4n) is 0.860. The van der Waals surface area contributed by atoms with Crippen LogP contribution in [0.2, 0.25) is 0 Å². The van der Waals surface area contributed by atoms with Crippen LogP contribution in [0.3, 0.4) is 0 Å². The largest absolute Gasteiger partial charge is 0.372 e. The van der Waals surface area contributed by atoms with Crippen LogP contribution in [0.5, 0.6) is 0 Å². The van der Waals surface area contributed by atoms with Gasteiger partial charge in [-0.1, -0.05) is 5.92 Å². The third kappa shape index (κ3) is 1.20. The standard InChI is InChI=1S/C8H10N2/c1-3-7-5-4-6-10-8(7)9-2/h1,4-6,8-10H,2H3. The molecule has 1 atom stereocenters. The molecule has 1 unspecified atom stereocenters. The van der Waals surface area contributed by atoms with Gasteiger partial charge in [-0.25, -0.2) is 0 Å². The van der Waals surface area contributed by atoms with E-state index in [0.717, 1.165) is 5.57 Å². The van der Waals surface area contributed by atoms with Crippen molar-refractivity contribution in [3.8, 4) is 12.3 Å². The van der Waals surface area contributed by atoms with Crippen molar-refractivity contribution < 1.29 is 0 Å². The fraction of sp³-hybridized carbons (Fsp3) is 0.250. The van der Waals surface area contributed by atoms with Crippen LogP contribution in [-0.4, -0.2) is 13.2 Å². The van der Waals surface area contributed by atoms with Crippen molar-refractivity contribution in [3.63, 3.8) is 0 Å². The Morgan fingerprint density at radius 1 is 1.80 bits per heavy atom. The number of hydrogen-bond acceptors (Lipinski definition) is 2. The van der Waals surface area contributed by atoms with Crippen LogP contribution < -0.4 is 10.6 Å². The van der Waals surface area contributed by atoms with E-state index in [1.165, 1.54) is 0 Å². The molecule has 0 aliphatic carbocycles. The molecule has 0 spiro atoms. The van der Waals surface area contributed by atoms with E-state index >= 15 is 0 Å². The highest BCUT2D eigenvalue weighted by atomic mass is 15.1. The summed E-state index contributed by atoms with van der Waals surface area (Å²) in [6.45, 7) is 0. The topological polar surface area (TPSA) is 24.1 Å². The van der Waals surface area contributed by atoms with Crippen LogP contribution in [0.25, 0.3) is 0 Å². The summed E-state index contributed by atoms with van der Waals surface area (Å²) in [4.78, 5) is 0. The molecule has 0 aromatic carbocycles. The Balaban J connectivity index is 2.73. The summed E-state index contributed by atoms with van der Waals surface area (Å²) in [6.07, 6.45) is 11.0. The van der Waals surface area contributed by atoms with Crippen molar-refractivity contribution in [3.05, 3.63) is 23.9 Å². The van der Waals surface area contributed by atoms with Gasteiger partial charge in [0.05, 0.1) is 0 Å². The summed E-state index contributed by atoms with van der Waals surface area (Å²) in [6, 6.07) is 0. The molecule has 1 aliphatic rings. The van der Waals surface area contributed by atoms with E-state index < -0.39 is 0 Å². The third-order valence-corrected chi connectivity index (χ3v) is 1.40. The van der Waals surface area contributed by atoms with Gasteiger partial charge < -0.3 is 5.32 Å². The molecule has 1 rings (SSSR count). The zero-order valence-corrected chi connectivity index (χ0v) is 5.89. The third-order valence-electron chi connectivity index (χ3n) is 1.40. The van der Waals surface area contributed by atoms with E-state index in [2.05, 4.69) is 16.6 Å². The van der Waals surface area contributed by atoms with E-state index in [1.807, 2.05) is 25.4 Å². The minimum absolute atomic E-state index is 0.106. The molecule has 52 valence electrons. The Hall–Kier alpha value is -1.20. The number of likely N-dealkylation sites (N-methyl/N-ethyl adjacent to an activating group) is 1. The van der Waals surface area contributed by atoms with E-state index in [-0.39, 0.29) is 6.17 Å². The van der Waals surface area contributed by atoms with Gasteiger partial charge in [0.15, 0.2) is 0 Å². The van der Waals surface area contributed by atoms with E-state index in [1.54, 1.807) is 0 Å². The monoisotopic (exact) mass is 134 g/mol. The first-order valence-electron chi connectivity index (χ1n) is 3.15. The number of allylic oxidation sites excluding steroid dienone is 2. The number of rotatable bonds is 1. The second-order valence-corrected chi connectivity index (χ2v) is 2.01. The first kappa shape index (κ1) is 6.91. The molecule has 1 aliphatic heterocycles. The molecule has 0 radical (unpaired) electrons. The second-order valence-electron chi connectivity index (χ2n) is 2.01. The predicted octanol–water partition coefficient (Wildman–Crippen LogP) is 0.208. The van der Waals surface area contributed by atoms with Crippen LogP contribution >= 0.6 is 0 Å². The van der Waals surface area contributed by atoms with Crippen LogP contribution in [0.4, 0.5) is 0 Å². The lowest BCUT2D eigenvalue weighted by Crippen LogP contribution is -2.39. The van der Waals surface area contributed by atoms with Crippen molar-refractivity contribution in [1.82, 2.24) is 10.6 Å². The maximum Gasteiger partial charge on any atom is 0.110 e. The van der Waals surface area contributed by atoms with Crippen LogP contribution in [0.1, 0.15) is 0 Å². The molecule has 0 aromatic heterocycles. The Labute approximate surface area is 61.0 Å². The molecule has 1 heterocycles. The lowest BCUT2D eigenvalue weighted by Gasteiger charge is -2.18. The lowest BCUT2D eigenvalue weighted by molar-refractivity contribution is 0.590. The minimum Gasteiger partial charge on any atom is -0.372 e. The highest BCUT2D eigenvalue weighted by Gasteiger charge is 2.08. The predicted molar refractivity (Wildman–Crippen MR) is 42.0 cm³/mol. The van der Waals surface area contributed by atoms with Crippen LogP contribution in [-0.2, 0) is 0 Å². The van der Waals surface area contributed by atoms with Gasteiger partial charge in [0.25, 0.3) is 0 Å². The van der Waals surface area contributed by atoms with Crippen molar-refractivity contribution in [2.45, 2.75) is 6.17 Å². The van der Waals surface area contributed by atoms with Gasteiger partial charge in [-0.3, -0.25) is 5.32 Å². The van der Waals surface area contributed by atoms with Crippen LogP contribution in [0, 0.1) is 12.3 Å². The lowest BCUT2D eigenvalue weighted by atomic mass is 10.1. The molecule has 0 fully saturated rings. The Bertz CT molecular complexity index is 208. The Kier molecular flexibility index (Phi) is 2.14. The van der Waals surface area contributed by atoms with Crippen molar-refractivity contribution in [2.75, 3.05) is 7.05 Å². The van der Waals surface area contributed by atoms with E-state index in [0.29, 0.717) is 0 Å². The Morgan fingerprint density at radius 2 is 2.60 bits per heavy atom. The van der Waals surface area contributed by atoms with Gasteiger partial charge in [0, 0.05) is 5.57 Å². The van der Waals surface area contributed by atoms with Crippen LogP contribution in [0.15, 0.2) is 23.9 Å². The first-order chi connectivity index (χ1) is 4.88. The second kappa shape index (κ2) is 3.09. The zero-order chi connectivity index (χ0) is 7.40. The molecule has 2 N–H and O–H groups in total. The van der Waals surface area contributed by atoms with Crippen molar-refractivity contribution >= 4 is 0 Å². The average Bonchev–Trinajstić information content (AvgIpc) is 2.04. The number of terminal acetylenes is 1. The molecule has 0 saturated carbocycles. The van der Waals surface area contributed by atoms with Gasteiger partial charge in [-0.05, 0) is 25.4 Å². The van der Waals surface area contributed by atoms with Crippen molar-refractivity contribution in [1.29, 1.82) is 0 Å². The molecule has 0 bridgehead atoms. The fourth-order valence-corrected chi connectivity index (χ4v) is 0.860. The minimum atomic E-state index is 0.106. The van der Waals surface area contributed by atoms with Gasteiger partial charge >= 0.3 is 0 Å². The molecule has 2 nitrogen and oxygen atoms in total. The molecule has 2 heteroatoms. The van der Waals surface area contributed by atoms with E-state index in [9.17, 15) is 0 Å². The normalized spacial score (nSPS) is 22.8. The summed E-state index contributed by atoms with van der Waals surface area (Å²) < 4.78 is 0. The molecule has 0 amide bonds. The molecular formula is C8H10N2. The van der Waals surface area contributed by atoms with Gasteiger partial charge in [0.1, 0.15) is 6.17 Å². The smallest absolute Gasteiger partial charge is 0.110 e. The maximum atomic E-state index is 5.24. The molecular weight excluding hydrogens is 124 g/mol. The highest BCUT2D eigenvalue weighted by molar-refractivity contribution is 5.36. The quantitative estimate of drug-likeness (QED) is 0.501. The SMILES string of the molecule is C#CC1=CC=CNC1NC.